The zero-order valence-corrected chi connectivity index (χ0v) is 11.8. The maximum Gasteiger partial charge on any atom is 0.262 e. The predicted molar refractivity (Wildman–Crippen MR) is 73.6 cm³/mol. The minimum absolute atomic E-state index is 0.0252. The van der Waals surface area contributed by atoms with Gasteiger partial charge in [0.1, 0.15) is 5.65 Å². The number of nitrogens with zero attached hydrogens (tertiary/aromatic N) is 3. The summed E-state index contributed by atoms with van der Waals surface area (Å²) in [5, 5.41) is 9.91. The van der Waals surface area contributed by atoms with Gasteiger partial charge in [-0.1, -0.05) is 6.07 Å². The zero-order valence-electron chi connectivity index (χ0n) is 11.0. The van der Waals surface area contributed by atoms with Crippen molar-refractivity contribution in [2.24, 2.45) is 0 Å². The molecule has 3 rings (SSSR count). The summed E-state index contributed by atoms with van der Waals surface area (Å²) in [6.07, 6.45) is 2.02. The van der Waals surface area contributed by atoms with Crippen molar-refractivity contribution >= 4 is 21.5 Å². The molecule has 3 heterocycles. The number of aliphatic hydroxyl groups is 1. The minimum atomic E-state index is -3.77. The monoisotopic (exact) mass is 296 g/mol. The molecule has 0 spiro atoms. The third-order valence-electron chi connectivity index (χ3n) is 3.51. The van der Waals surface area contributed by atoms with Crippen LogP contribution in [0.15, 0.2) is 29.4 Å². The van der Waals surface area contributed by atoms with Gasteiger partial charge in [0.2, 0.25) is 0 Å². The second kappa shape index (κ2) is 4.18. The van der Waals surface area contributed by atoms with Gasteiger partial charge < -0.3 is 10.8 Å². The first kappa shape index (κ1) is 13.3. The highest BCUT2D eigenvalue weighted by atomic mass is 32.2. The number of hydrogen-bond donors (Lipinski definition) is 2. The molecule has 0 bridgehead atoms. The number of sulfonamides is 1. The first-order chi connectivity index (χ1) is 9.31. The maximum absolute atomic E-state index is 12.7. The van der Waals surface area contributed by atoms with E-state index in [1.54, 1.807) is 31.3 Å². The fraction of sp³-hybridized carbons (Fsp3) is 0.417. The van der Waals surface area contributed by atoms with Gasteiger partial charge in [0.15, 0.2) is 10.8 Å². The molecule has 2 aromatic heterocycles. The van der Waals surface area contributed by atoms with Crippen molar-refractivity contribution in [1.29, 1.82) is 0 Å². The Labute approximate surface area is 116 Å². The summed E-state index contributed by atoms with van der Waals surface area (Å²) in [6, 6.07) is 5.17. The Hall–Kier alpha value is -1.64. The van der Waals surface area contributed by atoms with Crippen molar-refractivity contribution < 1.29 is 13.5 Å². The van der Waals surface area contributed by atoms with Crippen molar-refractivity contribution in [3.8, 4) is 0 Å². The van der Waals surface area contributed by atoms with E-state index in [9.17, 15) is 13.5 Å². The maximum atomic E-state index is 12.7. The summed E-state index contributed by atoms with van der Waals surface area (Å²) in [7, 11) is -3.77. The van der Waals surface area contributed by atoms with Crippen LogP contribution in [0, 0.1) is 0 Å². The molecule has 0 radical (unpaired) electrons. The predicted octanol–water partition coefficient (Wildman–Crippen LogP) is 0.0619. The van der Waals surface area contributed by atoms with Crippen molar-refractivity contribution in [2.45, 2.75) is 24.0 Å². The van der Waals surface area contributed by atoms with E-state index < -0.39 is 15.6 Å². The van der Waals surface area contributed by atoms with Gasteiger partial charge in [-0.15, -0.1) is 0 Å². The lowest BCUT2D eigenvalue weighted by atomic mass is 10.1. The van der Waals surface area contributed by atoms with Crippen LogP contribution in [0.1, 0.15) is 13.3 Å². The topological polar surface area (TPSA) is 101 Å². The highest BCUT2D eigenvalue weighted by Crippen LogP contribution is 2.29. The summed E-state index contributed by atoms with van der Waals surface area (Å²) in [6.45, 7) is 1.96. The Bertz CT molecular complexity index is 766. The first-order valence-electron chi connectivity index (χ1n) is 6.26. The van der Waals surface area contributed by atoms with Gasteiger partial charge in [0, 0.05) is 19.3 Å². The van der Waals surface area contributed by atoms with Gasteiger partial charge in [-0.25, -0.2) is 13.4 Å². The van der Waals surface area contributed by atoms with E-state index in [0.29, 0.717) is 12.1 Å². The fourth-order valence-corrected chi connectivity index (χ4v) is 4.22. The van der Waals surface area contributed by atoms with E-state index >= 15 is 0 Å². The molecule has 0 aliphatic carbocycles. The molecule has 7 nitrogen and oxygen atoms in total. The molecule has 1 saturated heterocycles. The highest BCUT2D eigenvalue weighted by molar-refractivity contribution is 7.89. The lowest BCUT2D eigenvalue weighted by Crippen LogP contribution is -2.34. The number of pyridine rings is 1. The summed E-state index contributed by atoms with van der Waals surface area (Å²) in [5.41, 5.74) is 5.26. The molecule has 2 aromatic rings. The smallest absolute Gasteiger partial charge is 0.262 e. The number of nitrogens with two attached hydrogens (primary N) is 1. The van der Waals surface area contributed by atoms with Crippen LogP contribution < -0.4 is 5.73 Å². The number of rotatable bonds is 2. The van der Waals surface area contributed by atoms with E-state index in [0.717, 1.165) is 0 Å². The quantitative estimate of drug-likeness (QED) is 0.816. The van der Waals surface area contributed by atoms with E-state index in [-0.39, 0.29) is 23.9 Å². The Morgan fingerprint density at radius 3 is 2.85 bits per heavy atom. The summed E-state index contributed by atoms with van der Waals surface area (Å²) < 4.78 is 28.1. The molecule has 0 saturated carbocycles. The number of nitrogen functional groups attached to an aromatic ring is 1. The van der Waals surface area contributed by atoms with E-state index in [4.69, 9.17) is 5.73 Å². The number of anilines is 1. The SMILES string of the molecule is CC1(O)CCN(S(=O)(=O)c2c(N)nc3ccccn23)C1. The molecule has 0 aromatic carbocycles. The standard InChI is InChI=1S/C12H16N4O3S/c1-12(17)5-7-15(8-12)20(18,19)11-10(13)14-9-4-2-3-6-16(9)11/h2-4,6,17H,5,7-8,13H2,1H3. The molecular weight excluding hydrogens is 280 g/mol. The summed E-state index contributed by atoms with van der Waals surface area (Å²) in [5.74, 6) is -0.0252. The Morgan fingerprint density at radius 1 is 1.45 bits per heavy atom. The van der Waals surface area contributed by atoms with Gasteiger partial charge in [-0.2, -0.15) is 4.31 Å². The third-order valence-corrected chi connectivity index (χ3v) is 5.40. The lowest BCUT2D eigenvalue weighted by Gasteiger charge is -2.18. The Kier molecular flexibility index (Phi) is 2.79. The molecule has 0 amide bonds. The van der Waals surface area contributed by atoms with Crippen LogP contribution in [0.4, 0.5) is 5.82 Å². The van der Waals surface area contributed by atoms with E-state index in [1.807, 2.05) is 0 Å². The highest BCUT2D eigenvalue weighted by Gasteiger charge is 2.40. The van der Waals surface area contributed by atoms with Crippen LogP contribution in [0.2, 0.25) is 0 Å². The van der Waals surface area contributed by atoms with Crippen LogP contribution >= 0.6 is 0 Å². The first-order valence-corrected chi connectivity index (χ1v) is 7.70. The molecule has 1 fully saturated rings. The van der Waals surface area contributed by atoms with Crippen molar-refractivity contribution in [3.05, 3.63) is 24.4 Å². The molecule has 3 N–H and O–H groups in total. The second-order valence-corrected chi connectivity index (χ2v) is 7.17. The lowest BCUT2D eigenvalue weighted by molar-refractivity contribution is 0.0762. The fourth-order valence-electron chi connectivity index (χ4n) is 2.48. The number of imidazole rings is 1. The molecule has 1 aliphatic heterocycles. The zero-order chi connectivity index (χ0) is 14.5. The largest absolute Gasteiger partial charge is 0.389 e. The van der Waals surface area contributed by atoms with Gasteiger partial charge in [-0.05, 0) is 25.5 Å². The van der Waals surface area contributed by atoms with Crippen LogP contribution in [0.25, 0.3) is 5.65 Å². The van der Waals surface area contributed by atoms with Crippen molar-refractivity contribution in [2.75, 3.05) is 18.8 Å². The summed E-state index contributed by atoms with van der Waals surface area (Å²) >= 11 is 0. The number of hydrogen-bond acceptors (Lipinski definition) is 5. The normalized spacial score (nSPS) is 24.5. The number of aromatic nitrogens is 2. The van der Waals surface area contributed by atoms with Crippen molar-refractivity contribution in [3.63, 3.8) is 0 Å². The average molecular weight is 296 g/mol. The molecule has 20 heavy (non-hydrogen) atoms. The third kappa shape index (κ3) is 1.96. The van der Waals surface area contributed by atoms with Crippen LogP contribution in [-0.2, 0) is 10.0 Å². The van der Waals surface area contributed by atoms with Gasteiger partial charge in [-0.3, -0.25) is 4.40 Å². The van der Waals surface area contributed by atoms with Crippen LogP contribution in [0.5, 0.6) is 0 Å². The Morgan fingerprint density at radius 2 is 2.20 bits per heavy atom. The van der Waals surface area contributed by atoms with Crippen LogP contribution in [0.3, 0.4) is 0 Å². The average Bonchev–Trinajstić information content (AvgIpc) is 2.88. The molecule has 1 unspecified atom stereocenters. The van der Waals surface area contributed by atoms with Gasteiger partial charge >= 0.3 is 0 Å². The molecule has 8 heteroatoms. The molecular formula is C12H16N4O3S. The molecule has 1 aliphatic rings. The summed E-state index contributed by atoms with van der Waals surface area (Å²) in [4.78, 5) is 4.06. The van der Waals surface area contributed by atoms with Gasteiger partial charge in [0.25, 0.3) is 10.0 Å². The minimum Gasteiger partial charge on any atom is -0.389 e. The number of β-amino-alcohol motifs (C(OH)–C–C–N with tert-alkyl or cyclic N) is 1. The van der Waals surface area contributed by atoms with Crippen LogP contribution in [-0.4, -0.2) is 45.9 Å². The number of fused-ring (bicyclic) bond motifs is 1. The van der Waals surface area contributed by atoms with E-state index in [2.05, 4.69) is 4.98 Å². The van der Waals surface area contributed by atoms with E-state index in [1.165, 1.54) is 8.71 Å². The molecule has 108 valence electrons. The molecule has 1 atom stereocenters. The Balaban J connectivity index is 2.13. The second-order valence-electron chi connectivity index (χ2n) is 5.32. The van der Waals surface area contributed by atoms with Crippen molar-refractivity contribution in [1.82, 2.24) is 13.7 Å². The van der Waals surface area contributed by atoms with Gasteiger partial charge in [0.05, 0.1) is 5.60 Å².